The van der Waals surface area contributed by atoms with Crippen LogP contribution in [-0.4, -0.2) is 51.3 Å². The Morgan fingerprint density at radius 3 is 3.00 bits per heavy atom. The molecule has 0 radical (unpaired) electrons. The van der Waals surface area contributed by atoms with Gasteiger partial charge in [-0.25, -0.2) is 0 Å². The Morgan fingerprint density at radius 2 is 2.30 bits per heavy atom. The summed E-state index contributed by atoms with van der Waals surface area (Å²) in [6.07, 6.45) is 2.38. The van der Waals surface area contributed by atoms with Crippen LogP contribution in [0, 0.1) is 5.41 Å². The van der Waals surface area contributed by atoms with E-state index in [9.17, 15) is 0 Å². The lowest BCUT2D eigenvalue weighted by Gasteiger charge is -2.25. The number of ether oxygens (including phenoxy) is 2. The molecule has 1 atom stereocenters. The van der Waals surface area contributed by atoms with E-state index >= 15 is 0 Å². The maximum atomic E-state index is 5.60. The lowest BCUT2D eigenvalue weighted by atomic mass is 9.87. The minimum absolute atomic E-state index is 0. The molecular weight excluding hydrogens is 405 g/mol. The fourth-order valence-corrected chi connectivity index (χ4v) is 3.38. The average Bonchev–Trinajstić information content (AvgIpc) is 3.19. The van der Waals surface area contributed by atoms with Crippen LogP contribution < -0.4 is 10.1 Å². The predicted molar refractivity (Wildman–Crippen MR) is 103 cm³/mol. The van der Waals surface area contributed by atoms with Crippen molar-refractivity contribution in [3.8, 4) is 5.75 Å². The number of nitrogens with one attached hydrogen (secondary N) is 1. The fourth-order valence-electron chi connectivity index (χ4n) is 3.38. The predicted octanol–water partition coefficient (Wildman–Crippen LogP) is 2.50. The van der Waals surface area contributed by atoms with Crippen LogP contribution in [-0.2, 0) is 11.3 Å². The van der Waals surface area contributed by atoms with E-state index in [1.807, 2.05) is 19.2 Å². The highest BCUT2D eigenvalue weighted by molar-refractivity contribution is 14.0. The molecule has 2 aliphatic heterocycles. The molecule has 1 aromatic rings. The van der Waals surface area contributed by atoms with Crippen molar-refractivity contribution in [3.05, 3.63) is 29.8 Å². The monoisotopic (exact) mass is 431 g/mol. The van der Waals surface area contributed by atoms with Gasteiger partial charge in [0.25, 0.3) is 0 Å². The minimum atomic E-state index is 0. The number of aliphatic imine (C=N–C) groups is 1. The van der Waals surface area contributed by atoms with Crippen molar-refractivity contribution < 1.29 is 9.47 Å². The first kappa shape index (κ1) is 18.3. The zero-order chi connectivity index (χ0) is 15.4. The molecule has 2 fully saturated rings. The number of benzene rings is 1. The van der Waals surface area contributed by atoms with E-state index in [0.717, 1.165) is 44.6 Å². The van der Waals surface area contributed by atoms with Crippen LogP contribution in [0.25, 0.3) is 0 Å². The van der Waals surface area contributed by atoms with Crippen molar-refractivity contribution in [2.45, 2.75) is 19.4 Å². The van der Waals surface area contributed by atoms with E-state index in [-0.39, 0.29) is 24.0 Å². The molecule has 1 spiro atoms. The first-order valence-corrected chi connectivity index (χ1v) is 7.91. The highest BCUT2D eigenvalue weighted by Crippen LogP contribution is 2.38. The minimum Gasteiger partial charge on any atom is -0.497 e. The van der Waals surface area contributed by atoms with Gasteiger partial charge in [-0.15, -0.1) is 24.0 Å². The summed E-state index contributed by atoms with van der Waals surface area (Å²) in [5.74, 6) is 1.86. The highest BCUT2D eigenvalue weighted by Gasteiger charge is 2.42. The molecule has 5 nitrogen and oxygen atoms in total. The molecule has 2 heterocycles. The Balaban J connectivity index is 0.00000192. The zero-order valence-corrected chi connectivity index (χ0v) is 16.2. The third kappa shape index (κ3) is 4.29. The third-order valence-corrected chi connectivity index (χ3v) is 4.72. The number of likely N-dealkylation sites (tertiary alicyclic amines) is 1. The normalized spacial score (nSPS) is 23.9. The van der Waals surface area contributed by atoms with Crippen molar-refractivity contribution in [1.82, 2.24) is 10.2 Å². The number of halogens is 1. The number of nitrogens with zero attached hydrogens (tertiary/aromatic N) is 2. The molecule has 2 saturated heterocycles. The molecule has 1 aromatic carbocycles. The Labute approximate surface area is 155 Å². The van der Waals surface area contributed by atoms with Crippen molar-refractivity contribution >= 4 is 29.9 Å². The van der Waals surface area contributed by atoms with Gasteiger partial charge in [-0.3, -0.25) is 4.99 Å². The molecule has 0 aromatic heterocycles. The molecule has 23 heavy (non-hydrogen) atoms. The Morgan fingerprint density at radius 1 is 1.43 bits per heavy atom. The Kier molecular flexibility index (Phi) is 6.52. The topological polar surface area (TPSA) is 46.1 Å². The second-order valence-corrected chi connectivity index (χ2v) is 6.23. The van der Waals surface area contributed by atoms with Gasteiger partial charge in [-0.2, -0.15) is 0 Å². The van der Waals surface area contributed by atoms with Crippen LogP contribution in [0.3, 0.4) is 0 Å². The number of guanidine groups is 1. The van der Waals surface area contributed by atoms with Crippen LogP contribution in [0.15, 0.2) is 29.3 Å². The SMILES string of the molecule is CN=C(NCc1cccc(OC)c1)N1CCC2(CCOC2)C1.I. The number of hydrogen-bond donors (Lipinski definition) is 1. The fraction of sp³-hybridized carbons (Fsp3) is 0.588. The Bertz CT molecular complexity index is 544. The van der Waals surface area contributed by atoms with Gasteiger partial charge in [0, 0.05) is 38.7 Å². The first-order chi connectivity index (χ1) is 10.7. The number of rotatable bonds is 3. The number of methoxy groups -OCH3 is 1. The molecule has 1 unspecified atom stereocenters. The number of hydrogen-bond acceptors (Lipinski definition) is 3. The van der Waals surface area contributed by atoms with Gasteiger partial charge in [0.05, 0.1) is 13.7 Å². The quantitative estimate of drug-likeness (QED) is 0.454. The van der Waals surface area contributed by atoms with Crippen molar-refractivity contribution in [3.63, 3.8) is 0 Å². The molecule has 6 heteroatoms. The van der Waals surface area contributed by atoms with Crippen molar-refractivity contribution in [1.29, 1.82) is 0 Å². The molecule has 0 bridgehead atoms. The van der Waals surface area contributed by atoms with Gasteiger partial charge in [-0.1, -0.05) is 12.1 Å². The van der Waals surface area contributed by atoms with Crippen LogP contribution in [0.1, 0.15) is 18.4 Å². The second kappa shape index (κ2) is 8.19. The summed E-state index contributed by atoms with van der Waals surface area (Å²) in [6.45, 7) is 4.66. The molecule has 2 aliphatic rings. The van der Waals surface area contributed by atoms with Gasteiger partial charge < -0.3 is 19.7 Å². The van der Waals surface area contributed by atoms with Gasteiger partial charge in [-0.05, 0) is 30.5 Å². The Hall–Kier alpha value is -1.02. The third-order valence-electron chi connectivity index (χ3n) is 4.72. The van der Waals surface area contributed by atoms with E-state index < -0.39 is 0 Å². The molecule has 128 valence electrons. The van der Waals surface area contributed by atoms with Crippen molar-refractivity contribution in [2.75, 3.05) is 40.5 Å². The van der Waals surface area contributed by atoms with Crippen LogP contribution in [0.5, 0.6) is 5.75 Å². The summed E-state index contributed by atoms with van der Waals surface area (Å²) < 4.78 is 10.9. The van der Waals surface area contributed by atoms with Crippen LogP contribution in [0.4, 0.5) is 0 Å². The van der Waals surface area contributed by atoms with Crippen LogP contribution >= 0.6 is 24.0 Å². The standard InChI is InChI=1S/C17H25N3O2.HI/c1-18-16(19-11-14-4-3-5-15(10-14)21-2)20-8-6-17(12-20)7-9-22-13-17;/h3-5,10H,6-9,11-13H2,1-2H3,(H,18,19);1H. The average molecular weight is 431 g/mol. The lowest BCUT2D eigenvalue weighted by Crippen LogP contribution is -2.41. The lowest BCUT2D eigenvalue weighted by molar-refractivity contribution is 0.156. The largest absolute Gasteiger partial charge is 0.497 e. The second-order valence-electron chi connectivity index (χ2n) is 6.23. The summed E-state index contributed by atoms with van der Waals surface area (Å²) in [4.78, 5) is 6.80. The van der Waals surface area contributed by atoms with E-state index in [4.69, 9.17) is 9.47 Å². The van der Waals surface area contributed by atoms with E-state index in [0.29, 0.717) is 5.41 Å². The smallest absolute Gasteiger partial charge is 0.193 e. The molecule has 0 saturated carbocycles. The highest BCUT2D eigenvalue weighted by atomic mass is 127. The van der Waals surface area contributed by atoms with E-state index in [1.54, 1.807) is 7.11 Å². The molecule has 0 aliphatic carbocycles. The summed E-state index contributed by atoms with van der Waals surface area (Å²) in [5.41, 5.74) is 1.55. The first-order valence-electron chi connectivity index (χ1n) is 7.91. The van der Waals surface area contributed by atoms with Gasteiger partial charge in [0.2, 0.25) is 0 Å². The van der Waals surface area contributed by atoms with Gasteiger partial charge in [0.15, 0.2) is 5.96 Å². The summed E-state index contributed by atoms with van der Waals surface area (Å²) >= 11 is 0. The summed E-state index contributed by atoms with van der Waals surface area (Å²) in [5, 5.41) is 3.46. The zero-order valence-electron chi connectivity index (χ0n) is 13.9. The van der Waals surface area contributed by atoms with E-state index in [1.165, 1.54) is 18.4 Å². The van der Waals surface area contributed by atoms with Crippen LogP contribution in [0.2, 0.25) is 0 Å². The molecule has 3 rings (SSSR count). The molecule has 0 amide bonds. The van der Waals surface area contributed by atoms with Gasteiger partial charge in [0.1, 0.15) is 5.75 Å². The molecular formula is C17H26IN3O2. The summed E-state index contributed by atoms with van der Waals surface area (Å²) in [6, 6.07) is 8.12. The van der Waals surface area contributed by atoms with Gasteiger partial charge >= 0.3 is 0 Å². The molecule has 1 N–H and O–H groups in total. The maximum Gasteiger partial charge on any atom is 0.193 e. The van der Waals surface area contributed by atoms with Crippen molar-refractivity contribution in [2.24, 2.45) is 10.4 Å². The maximum absolute atomic E-state index is 5.60. The summed E-state index contributed by atoms with van der Waals surface area (Å²) in [7, 11) is 3.54. The van der Waals surface area contributed by atoms with E-state index in [2.05, 4.69) is 27.3 Å².